The third-order valence-corrected chi connectivity index (χ3v) is 2.35. The fourth-order valence-corrected chi connectivity index (χ4v) is 1.49. The molecule has 5 nitrogen and oxygen atoms in total. The Labute approximate surface area is 153 Å². The molecule has 0 radical (unpaired) electrons. The molecule has 0 spiro atoms. The first-order valence-electron chi connectivity index (χ1n) is 7.13. The van der Waals surface area contributed by atoms with Gasteiger partial charge in [0.15, 0.2) is 0 Å². The van der Waals surface area contributed by atoms with Gasteiger partial charge in [-0.15, -0.1) is 0 Å². The summed E-state index contributed by atoms with van der Waals surface area (Å²) < 4.78 is 31.6. The molecular weight excluding hydrogens is 301 g/mol. The van der Waals surface area contributed by atoms with Crippen molar-refractivity contribution >= 4 is 10.4 Å². The first-order valence-corrected chi connectivity index (χ1v) is 8.53. The van der Waals surface area contributed by atoms with E-state index in [1.54, 1.807) is 6.07 Å². The van der Waals surface area contributed by atoms with Crippen molar-refractivity contribution in [1.29, 1.82) is 5.26 Å². The Morgan fingerprint density at radius 1 is 0.952 bits per heavy atom. The average molecular weight is 331 g/mol. The van der Waals surface area contributed by atoms with Gasteiger partial charge in [0.25, 0.3) is 0 Å². The summed E-state index contributed by atoms with van der Waals surface area (Å²) in [6.45, 7) is 7.55. The third-order valence-electron chi connectivity index (χ3n) is 2.35. The summed E-state index contributed by atoms with van der Waals surface area (Å²) in [5.74, 6) is 0. The first kappa shape index (κ1) is 29.4. The van der Waals surface area contributed by atoms with Crippen LogP contribution < -0.4 is 29.6 Å². The third kappa shape index (κ3) is 78.3. The normalized spacial score (nSPS) is 9.14. The smallest absolute Gasteiger partial charge is 0.343 e. The second kappa shape index (κ2) is 25.3. The molecule has 0 atom stereocenters. The fourth-order valence-electron chi connectivity index (χ4n) is 1.49. The van der Waals surface area contributed by atoms with Crippen molar-refractivity contribution in [3.63, 3.8) is 0 Å². The van der Waals surface area contributed by atoms with Crippen LogP contribution in [-0.4, -0.2) is 17.5 Å². The predicted octanol–water partition coefficient (Wildman–Crippen LogP) is 1.62. The number of nitrogens with zero attached hydrogens (tertiary/aromatic N) is 1. The van der Waals surface area contributed by atoms with Crippen LogP contribution in [0, 0.1) is 18.3 Å². The molecule has 0 aliphatic carbocycles. The van der Waals surface area contributed by atoms with E-state index in [0.29, 0.717) is 0 Å². The van der Waals surface area contributed by atoms with Crippen molar-refractivity contribution in [1.82, 2.24) is 0 Å². The topological polar surface area (TPSA) is 98.4 Å². The van der Waals surface area contributed by atoms with Crippen LogP contribution in [-0.2, 0) is 10.4 Å². The molecule has 7 heteroatoms. The van der Waals surface area contributed by atoms with Crippen molar-refractivity contribution in [2.75, 3.05) is 0 Å². The summed E-state index contributed by atoms with van der Waals surface area (Å²) in [5.41, 5.74) is 0. The molecule has 0 aromatic heterocycles. The van der Waals surface area contributed by atoms with Gasteiger partial charge in [-0.1, -0.05) is 64.7 Å². The van der Waals surface area contributed by atoms with E-state index in [0.717, 1.165) is 6.42 Å². The summed E-state index contributed by atoms with van der Waals surface area (Å²) in [6, 6.07) is 1.75. The Bertz CT molecular complexity index is 285. The van der Waals surface area contributed by atoms with E-state index in [-0.39, 0.29) is 29.6 Å². The second-order valence-corrected chi connectivity index (χ2v) is 5.25. The van der Waals surface area contributed by atoms with Gasteiger partial charge < -0.3 is 6.92 Å². The van der Waals surface area contributed by atoms with E-state index in [2.05, 4.69) is 13.8 Å². The molecule has 21 heavy (non-hydrogen) atoms. The van der Waals surface area contributed by atoms with Crippen molar-refractivity contribution in [2.45, 2.75) is 78.1 Å². The predicted molar refractivity (Wildman–Crippen MR) is 82.7 cm³/mol. The van der Waals surface area contributed by atoms with E-state index in [4.69, 9.17) is 22.8 Å². The zero-order valence-corrected chi connectivity index (χ0v) is 16.7. The molecule has 0 rings (SSSR count). The zero-order valence-electron chi connectivity index (χ0n) is 13.8. The van der Waals surface area contributed by atoms with Crippen molar-refractivity contribution in [3.05, 3.63) is 6.92 Å². The minimum atomic E-state index is -4.67. The molecule has 0 aliphatic rings. The quantitative estimate of drug-likeness (QED) is 0.289. The van der Waals surface area contributed by atoms with Gasteiger partial charge in [-0.2, -0.15) is 20.1 Å². The zero-order chi connectivity index (χ0) is 16.3. The molecule has 0 bridgehead atoms. The maximum Gasteiger partial charge on any atom is 1.00 e. The van der Waals surface area contributed by atoms with Crippen LogP contribution >= 0.6 is 0 Å². The molecule has 0 aliphatic heterocycles. The maximum atomic E-state index is 8.74. The monoisotopic (exact) mass is 331 g/mol. The largest absolute Gasteiger partial charge is 1.00 e. The van der Waals surface area contributed by atoms with Crippen LogP contribution in [0.4, 0.5) is 0 Å². The van der Waals surface area contributed by atoms with Crippen molar-refractivity contribution in [3.8, 4) is 6.07 Å². The molecule has 0 saturated heterocycles. The Hall–Kier alpha value is 0.360. The first-order chi connectivity index (χ1) is 9.33. The Morgan fingerprint density at radius 3 is 1.43 bits per heavy atom. The van der Waals surface area contributed by atoms with Crippen LogP contribution in [0.25, 0.3) is 0 Å². The molecule has 0 heterocycles. The fraction of sp³-hybridized carbons (Fsp3) is 0.857. The van der Waals surface area contributed by atoms with Gasteiger partial charge in [-0.05, 0) is 0 Å². The van der Waals surface area contributed by atoms with Gasteiger partial charge in [0.05, 0.1) is 6.07 Å². The van der Waals surface area contributed by atoms with Crippen LogP contribution in [0.3, 0.4) is 0 Å². The molecule has 0 unspecified atom stereocenters. The second-order valence-electron chi connectivity index (χ2n) is 4.35. The Morgan fingerprint density at radius 2 is 1.19 bits per heavy atom. The molecular formula is C14H30NNaO4S. The number of nitriles is 1. The van der Waals surface area contributed by atoms with Gasteiger partial charge in [-0.25, -0.2) is 0 Å². The van der Waals surface area contributed by atoms with Gasteiger partial charge >= 0.3 is 40.0 Å². The van der Waals surface area contributed by atoms with E-state index >= 15 is 0 Å². The summed E-state index contributed by atoms with van der Waals surface area (Å²) >= 11 is 0. The van der Waals surface area contributed by atoms with Gasteiger partial charge in [-0.3, -0.25) is 9.11 Å². The van der Waals surface area contributed by atoms with Crippen LogP contribution in [0.15, 0.2) is 0 Å². The molecule has 0 aromatic carbocycles. The van der Waals surface area contributed by atoms with E-state index in [9.17, 15) is 0 Å². The summed E-state index contributed by atoms with van der Waals surface area (Å²) in [6.07, 6.45) is 13.9. The Balaban J connectivity index is -0.000000135. The van der Waals surface area contributed by atoms with Crippen molar-refractivity contribution < 1.29 is 47.1 Å². The molecule has 0 saturated carbocycles. The number of unbranched alkanes of at least 4 members (excludes halogenated alkanes) is 9. The van der Waals surface area contributed by atoms with E-state index in [1.165, 1.54) is 64.7 Å². The number of rotatable bonds is 9. The van der Waals surface area contributed by atoms with Crippen molar-refractivity contribution in [2.24, 2.45) is 0 Å². The van der Waals surface area contributed by atoms with Crippen LogP contribution in [0.5, 0.6) is 0 Å². The van der Waals surface area contributed by atoms with Crippen LogP contribution in [0.1, 0.15) is 78.1 Å². The minimum Gasteiger partial charge on any atom is -0.343 e. The number of hydrogen-bond acceptors (Lipinski definition) is 3. The molecule has 0 amide bonds. The number of hydrogen-bond donors (Lipinski definition) is 2. The molecule has 2 N–H and O–H groups in total. The van der Waals surface area contributed by atoms with Gasteiger partial charge in [0.1, 0.15) is 0 Å². The molecule has 122 valence electrons. The summed E-state index contributed by atoms with van der Waals surface area (Å²) in [4.78, 5) is 0. The molecule has 0 aromatic rings. The minimum absolute atomic E-state index is 0. The van der Waals surface area contributed by atoms with E-state index < -0.39 is 10.4 Å². The average Bonchev–Trinajstić information content (AvgIpc) is 2.32. The van der Waals surface area contributed by atoms with Gasteiger partial charge in [0.2, 0.25) is 0 Å². The standard InChI is InChI=1S/C12H25.C2H3N.Na.H2O4S/c1-3-5-7-9-11-12-10-8-6-4-2;1-2-3;;1-5(2,3)4/h1,3-12H2,2H3;1H3;;(H2,1,2,3,4)/q-1;;+1;. The summed E-state index contributed by atoms with van der Waals surface area (Å²) in [7, 11) is -4.67. The Kier molecular flexibility index (Phi) is 35.4. The van der Waals surface area contributed by atoms with E-state index in [1.807, 2.05) is 0 Å². The SMILES string of the molecule is CC#N.O=S(=O)(O)O.[CH2-]CCCCCCCCCCC.[Na+]. The van der Waals surface area contributed by atoms with Crippen LogP contribution in [0.2, 0.25) is 0 Å². The molecule has 0 fully saturated rings. The maximum absolute atomic E-state index is 8.74. The van der Waals surface area contributed by atoms with Gasteiger partial charge in [0, 0.05) is 6.92 Å². The summed E-state index contributed by atoms with van der Waals surface area (Å²) in [5, 5.41) is 7.32.